The summed E-state index contributed by atoms with van der Waals surface area (Å²) in [6, 6.07) is 5.10. The largest absolute Gasteiger partial charge is 0.379 e. The minimum absolute atomic E-state index is 0.0950. The molecule has 6 heteroatoms. The van der Waals surface area contributed by atoms with Crippen molar-refractivity contribution in [3.8, 4) is 0 Å². The highest BCUT2D eigenvalue weighted by molar-refractivity contribution is 7.91. The number of sulfone groups is 1. The van der Waals surface area contributed by atoms with Gasteiger partial charge in [0.25, 0.3) is 0 Å². The Hall–Kier alpha value is -0.450. The summed E-state index contributed by atoms with van der Waals surface area (Å²) in [5, 5.41) is 4.11. The van der Waals surface area contributed by atoms with Crippen LogP contribution >= 0.6 is 23.2 Å². The molecule has 1 atom stereocenters. The third-order valence-corrected chi connectivity index (χ3v) is 4.94. The van der Waals surface area contributed by atoms with Crippen LogP contribution in [0.4, 0.5) is 5.69 Å². The summed E-state index contributed by atoms with van der Waals surface area (Å²) >= 11 is 12.0. The fourth-order valence-corrected chi connectivity index (χ4v) is 3.93. The number of hydrogen-bond donors (Lipinski definition) is 1. The number of nitrogens with one attached hydrogen (secondary N) is 1. The second-order valence-electron chi connectivity index (χ2n) is 3.84. The summed E-state index contributed by atoms with van der Waals surface area (Å²) in [4.78, 5) is 0. The average molecular weight is 280 g/mol. The molecule has 0 aromatic heterocycles. The summed E-state index contributed by atoms with van der Waals surface area (Å²) in [7, 11) is -2.89. The lowest BCUT2D eigenvalue weighted by Crippen LogP contribution is -2.20. The van der Waals surface area contributed by atoms with Crippen LogP contribution in [-0.4, -0.2) is 26.0 Å². The van der Waals surface area contributed by atoms with Crippen LogP contribution < -0.4 is 5.32 Å². The molecule has 0 saturated carbocycles. The fourth-order valence-electron chi connectivity index (χ4n) is 1.75. The smallest absolute Gasteiger partial charge is 0.152 e. The van der Waals surface area contributed by atoms with E-state index in [4.69, 9.17) is 23.2 Å². The Morgan fingerprint density at radius 2 is 1.88 bits per heavy atom. The van der Waals surface area contributed by atoms with Gasteiger partial charge in [0.05, 0.1) is 27.2 Å². The predicted molar refractivity (Wildman–Crippen MR) is 67.1 cm³/mol. The first-order valence-corrected chi connectivity index (χ1v) is 7.47. The Bertz CT molecular complexity index is 481. The van der Waals surface area contributed by atoms with Crippen molar-refractivity contribution < 1.29 is 8.42 Å². The van der Waals surface area contributed by atoms with Gasteiger partial charge in [0, 0.05) is 6.04 Å². The zero-order valence-corrected chi connectivity index (χ0v) is 10.7. The molecule has 3 nitrogen and oxygen atoms in total. The molecule has 0 radical (unpaired) electrons. The van der Waals surface area contributed by atoms with E-state index in [9.17, 15) is 8.42 Å². The summed E-state index contributed by atoms with van der Waals surface area (Å²) in [5.41, 5.74) is 0.618. The van der Waals surface area contributed by atoms with Crippen molar-refractivity contribution in [1.82, 2.24) is 0 Å². The van der Waals surface area contributed by atoms with E-state index in [0.29, 0.717) is 22.2 Å². The number of para-hydroxylation sites is 1. The van der Waals surface area contributed by atoms with Crippen molar-refractivity contribution in [3.63, 3.8) is 0 Å². The van der Waals surface area contributed by atoms with Gasteiger partial charge in [0.1, 0.15) is 0 Å². The summed E-state index contributed by atoms with van der Waals surface area (Å²) in [6.07, 6.45) is 0.601. The van der Waals surface area contributed by atoms with E-state index in [0.717, 1.165) is 0 Å². The Labute approximate surface area is 105 Å². The number of halogens is 2. The first kappa shape index (κ1) is 12.0. The van der Waals surface area contributed by atoms with E-state index < -0.39 is 9.84 Å². The monoisotopic (exact) mass is 279 g/mol. The molecular weight excluding hydrogens is 269 g/mol. The molecule has 1 aromatic carbocycles. The first-order chi connectivity index (χ1) is 7.48. The molecule has 0 bridgehead atoms. The van der Waals surface area contributed by atoms with Crippen molar-refractivity contribution in [3.05, 3.63) is 28.2 Å². The molecule has 0 amide bonds. The Balaban J connectivity index is 2.16. The van der Waals surface area contributed by atoms with Crippen molar-refractivity contribution >= 4 is 38.7 Å². The molecule has 1 aromatic rings. The molecule has 1 unspecified atom stereocenters. The highest BCUT2D eigenvalue weighted by atomic mass is 35.5. The van der Waals surface area contributed by atoms with Gasteiger partial charge in [-0.3, -0.25) is 0 Å². The van der Waals surface area contributed by atoms with E-state index in [1.807, 2.05) is 0 Å². The minimum atomic E-state index is -2.89. The van der Waals surface area contributed by atoms with E-state index in [2.05, 4.69) is 5.32 Å². The second-order valence-corrected chi connectivity index (χ2v) is 6.88. The number of rotatable bonds is 2. The van der Waals surface area contributed by atoms with Gasteiger partial charge in [-0.1, -0.05) is 29.3 Å². The number of anilines is 1. The molecule has 0 aliphatic carbocycles. The van der Waals surface area contributed by atoms with Gasteiger partial charge >= 0.3 is 0 Å². The maximum Gasteiger partial charge on any atom is 0.152 e. The molecule has 0 spiro atoms. The first-order valence-electron chi connectivity index (χ1n) is 4.89. The van der Waals surface area contributed by atoms with Gasteiger partial charge in [0.15, 0.2) is 9.84 Å². The van der Waals surface area contributed by atoms with Gasteiger partial charge in [-0.05, 0) is 18.6 Å². The normalized spacial score (nSPS) is 23.2. The van der Waals surface area contributed by atoms with Gasteiger partial charge in [-0.25, -0.2) is 8.42 Å². The van der Waals surface area contributed by atoms with Crippen LogP contribution in [0.2, 0.25) is 10.0 Å². The van der Waals surface area contributed by atoms with Gasteiger partial charge in [0.2, 0.25) is 0 Å². The average Bonchev–Trinajstić information content (AvgIpc) is 2.52. The summed E-state index contributed by atoms with van der Waals surface area (Å²) in [5.74, 6) is 0.376. The zero-order valence-electron chi connectivity index (χ0n) is 8.41. The quantitative estimate of drug-likeness (QED) is 0.905. The third-order valence-electron chi connectivity index (χ3n) is 2.54. The predicted octanol–water partition coefficient (Wildman–Crippen LogP) is 2.59. The lowest BCUT2D eigenvalue weighted by atomic mass is 10.2. The van der Waals surface area contributed by atoms with Crippen LogP contribution in [0.15, 0.2) is 18.2 Å². The standard InChI is InChI=1S/C10H11Cl2NO2S/c11-8-2-1-3-9(12)10(8)13-7-4-5-16(14,15)6-7/h1-3,7,13H,4-6H2. The fraction of sp³-hybridized carbons (Fsp3) is 0.400. The molecule has 16 heavy (non-hydrogen) atoms. The maximum atomic E-state index is 11.3. The molecule has 1 N–H and O–H groups in total. The highest BCUT2D eigenvalue weighted by Crippen LogP contribution is 2.31. The van der Waals surface area contributed by atoms with E-state index in [1.165, 1.54) is 0 Å². The van der Waals surface area contributed by atoms with Crippen LogP contribution in [0, 0.1) is 0 Å². The van der Waals surface area contributed by atoms with Crippen molar-refractivity contribution in [2.45, 2.75) is 12.5 Å². The van der Waals surface area contributed by atoms with Gasteiger partial charge < -0.3 is 5.32 Å². The van der Waals surface area contributed by atoms with E-state index in [-0.39, 0.29) is 17.5 Å². The van der Waals surface area contributed by atoms with E-state index in [1.54, 1.807) is 18.2 Å². The van der Waals surface area contributed by atoms with Crippen molar-refractivity contribution in [2.75, 3.05) is 16.8 Å². The lowest BCUT2D eigenvalue weighted by molar-refractivity contribution is 0.602. The summed E-state index contributed by atoms with van der Waals surface area (Å²) < 4.78 is 22.6. The van der Waals surface area contributed by atoms with Crippen LogP contribution in [0.1, 0.15) is 6.42 Å². The molecule has 1 aliphatic heterocycles. The molecule has 1 aliphatic rings. The number of hydrogen-bond acceptors (Lipinski definition) is 3. The van der Waals surface area contributed by atoms with Gasteiger partial charge in [-0.15, -0.1) is 0 Å². The maximum absolute atomic E-state index is 11.3. The molecule has 88 valence electrons. The SMILES string of the molecule is O=S1(=O)CCC(Nc2c(Cl)cccc2Cl)C1. The van der Waals surface area contributed by atoms with Crippen LogP contribution in [0.25, 0.3) is 0 Å². The Kier molecular flexibility index (Phi) is 3.33. The zero-order chi connectivity index (χ0) is 11.8. The minimum Gasteiger partial charge on any atom is -0.379 e. The van der Waals surface area contributed by atoms with Crippen LogP contribution in [0.3, 0.4) is 0 Å². The second kappa shape index (κ2) is 4.43. The Morgan fingerprint density at radius 3 is 2.38 bits per heavy atom. The van der Waals surface area contributed by atoms with Crippen molar-refractivity contribution in [2.24, 2.45) is 0 Å². The third kappa shape index (κ3) is 2.62. The molecule has 1 fully saturated rings. The lowest BCUT2D eigenvalue weighted by Gasteiger charge is -2.14. The topological polar surface area (TPSA) is 46.2 Å². The molecule has 1 saturated heterocycles. The number of benzene rings is 1. The van der Waals surface area contributed by atoms with E-state index >= 15 is 0 Å². The van der Waals surface area contributed by atoms with Gasteiger partial charge in [-0.2, -0.15) is 0 Å². The van der Waals surface area contributed by atoms with Crippen LogP contribution in [-0.2, 0) is 9.84 Å². The molecule has 2 rings (SSSR count). The molecule has 1 heterocycles. The Morgan fingerprint density at radius 1 is 1.25 bits per heavy atom. The summed E-state index contributed by atoms with van der Waals surface area (Å²) in [6.45, 7) is 0. The van der Waals surface area contributed by atoms with Crippen molar-refractivity contribution in [1.29, 1.82) is 0 Å². The van der Waals surface area contributed by atoms with Crippen LogP contribution in [0.5, 0.6) is 0 Å². The highest BCUT2D eigenvalue weighted by Gasteiger charge is 2.28. The molecular formula is C10H11Cl2NO2S.